The summed E-state index contributed by atoms with van der Waals surface area (Å²) in [6.45, 7) is 4.29. The Bertz CT molecular complexity index is 782. The molecule has 2 amide bonds. The van der Waals surface area contributed by atoms with Crippen molar-refractivity contribution in [1.82, 2.24) is 15.1 Å². The summed E-state index contributed by atoms with van der Waals surface area (Å²) in [6, 6.07) is 8.05. The van der Waals surface area contributed by atoms with Gasteiger partial charge in [0.1, 0.15) is 6.10 Å². The second-order valence-electron chi connectivity index (χ2n) is 7.64. The van der Waals surface area contributed by atoms with E-state index in [0.717, 1.165) is 31.5 Å². The van der Waals surface area contributed by atoms with Gasteiger partial charge in [0.05, 0.1) is 6.54 Å². The third-order valence-electron chi connectivity index (χ3n) is 5.89. The summed E-state index contributed by atoms with van der Waals surface area (Å²) < 4.78 is 5.52. The van der Waals surface area contributed by atoms with E-state index in [1.165, 1.54) is 5.56 Å². The van der Waals surface area contributed by atoms with E-state index in [4.69, 9.17) is 4.74 Å². The summed E-state index contributed by atoms with van der Waals surface area (Å²) in [7, 11) is 1.72. The molecule has 29 heavy (non-hydrogen) atoms. The van der Waals surface area contributed by atoms with Crippen LogP contribution in [0.5, 0.6) is 0 Å². The summed E-state index contributed by atoms with van der Waals surface area (Å²) in [6.07, 6.45) is 2.42. The minimum Gasteiger partial charge on any atom is -0.368 e. The number of guanidine groups is 1. The number of hydrogen-bond donors (Lipinski definition) is 1. The zero-order valence-corrected chi connectivity index (χ0v) is 17.0. The van der Waals surface area contributed by atoms with Crippen LogP contribution in [-0.2, 0) is 20.7 Å². The zero-order chi connectivity index (χ0) is 20.2. The molecule has 8 heteroatoms. The van der Waals surface area contributed by atoms with Gasteiger partial charge >= 0.3 is 0 Å². The van der Waals surface area contributed by atoms with Crippen molar-refractivity contribution in [3.05, 3.63) is 29.8 Å². The molecule has 1 aromatic rings. The zero-order valence-electron chi connectivity index (χ0n) is 17.0. The lowest BCUT2D eigenvalue weighted by Gasteiger charge is -2.37. The van der Waals surface area contributed by atoms with Crippen LogP contribution in [-0.4, -0.2) is 86.6 Å². The minimum absolute atomic E-state index is 0.0447. The SMILES string of the molecule is CN=C(NCC(=O)N1CCc2ccccc21)N1CCN(C(=O)C2CCCO2)CC1. The Morgan fingerprint density at radius 1 is 1.14 bits per heavy atom. The Kier molecular flexibility index (Phi) is 5.99. The number of carbonyl (C=O) groups excluding carboxylic acids is 2. The van der Waals surface area contributed by atoms with Crippen LogP contribution in [0.15, 0.2) is 29.3 Å². The highest BCUT2D eigenvalue weighted by Crippen LogP contribution is 2.27. The average Bonchev–Trinajstić information content (AvgIpc) is 3.44. The Hall–Kier alpha value is -2.61. The lowest BCUT2D eigenvalue weighted by molar-refractivity contribution is -0.142. The molecule has 1 atom stereocenters. The highest BCUT2D eigenvalue weighted by Gasteiger charge is 2.31. The number of benzene rings is 1. The number of rotatable bonds is 3. The quantitative estimate of drug-likeness (QED) is 0.591. The van der Waals surface area contributed by atoms with E-state index in [2.05, 4.69) is 21.3 Å². The van der Waals surface area contributed by atoms with Gasteiger partial charge in [0, 0.05) is 52.1 Å². The fourth-order valence-corrected chi connectivity index (χ4v) is 4.29. The van der Waals surface area contributed by atoms with Gasteiger partial charge in [-0.25, -0.2) is 0 Å². The van der Waals surface area contributed by atoms with Gasteiger partial charge in [0.2, 0.25) is 5.91 Å². The molecule has 8 nitrogen and oxygen atoms in total. The van der Waals surface area contributed by atoms with Crippen molar-refractivity contribution in [2.45, 2.75) is 25.4 Å². The van der Waals surface area contributed by atoms with Gasteiger partial charge in [-0.3, -0.25) is 14.6 Å². The van der Waals surface area contributed by atoms with Gasteiger partial charge < -0.3 is 24.8 Å². The van der Waals surface area contributed by atoms with E-state index in [9.17, 15) is 9.59 Å². The highest BCUT2D eigenvalue weighted by atomic mass is 16.5. The monoisotopic (exact) mass is 399 g/mol. The van der Waals surface area contributed by atoms with Crippen LogP contribution in [0, 0.1) is 0 Å². The van der Waals surface area contributed by atoms with Crippen molar-refractivity contribution in [1.29, 1.82) is 0 Å². The van der Waals surface area contributed by atoms with Gasteiger partial charge in [0.15, 0.2) is 5.96 Å². The first-order valence-corrected chi connectivity index (χ1v) is 10.4. The molecule has 0 aromatic heterocycles. The van der Waals surface area contributed by atoms with Crippen LogP contribution in [0.3, 0.4) is 0 Å². The molecule has 156 valence electrons. The van der Waals surface area contributed by atoms with E-state index in [1.54, 1.807) is 7.05 Å². The summed E-state index contributed by atoms with van der Waals surface area (Å²) in [5, 5.41) is 3.20. The second-order valence-corrected chi connectivity index (χ2v) is 7.64. The van der Waals surface area contributed by atoms with E-state index in [-0.39, 0.29) is 24.5 Å². The first-order valence-electron chi connectivity index (χ1n) is 10.4. The normalized spacial score (nSPS) is 22.0. The number of amides is 2. The summed E-state index contributed by atoms with van der Waals surface area (Å²) >= 11 is 0. The fourth-order valence-electron chi connectivity index (χ4n) is 4.29. The Balaban J connectivity index is 1.27. The van der Waals surface area contributed by atoms with Crippen LogP contribution in [0.1, 0.15) is 18.4 Å². The Labute approximate surface area is 171 Å². The molecule has 2 saturated heterocycles. The number of nitrogens with zero attached hydrogens (tertiary/aromatic N) is 4. The number of para-hydroxylation sites is 1. The van der Waals surface area contributed by atoms with Crippen LogP contribution in [0.25, 0.3) is 0 Å². The standard InChI is InChI=1S/C21H29N5O3/c1-22-21(23-15-19(27)26-9-8-16-5-2-3-6-17(16)26)25-12-10-24(11-13-25)20(28)18-7-4-14-29-18/h2-3,5-6,18H,4,7-15H2,1H3,(H,22,23). The number of hydrogen-bond acceptors (Lipinski definition) is 4. The van der Waals surface area contributed by atoms with Gasteiger partial charge in [-0.2, -0.15) is 0 Å². The third kappa shape index (κ3) is 4.22. The predicted molar refractivity (Wildman–Crippen MR) is 111 cm³/mol. The van der Waals surface area contributed by atoms with Crippen LogP contribution in [0.4, 0.5) is 5.69 Å². The molecule has 4 rings (SSSR count). The molecular formula is C21H29N5O3. The number of nitrogens with one attached hydrogen (secondary N) is 1. The number of aliphatic imine (C=N–C) groups is 1. The molecule has 3 heterocycles. The van der Waals surface area contributed by atoms with E-state index in [1.807, 2.05) is 28.0 Å². The van der Waals surface area contributed by atoms with Gasteiger partial charge in [-0.15, -0.1) is 0 Å². The smallest absolute Gasteiger partial charge is 0.251 e. The van der Waals surface area contributed by atoms with Crippen molar-refractivity contribution in [3.63, 3.8) is 0 Å². The fraction of sp³-hybridized carbons (Fsp3) is 0.571. The maximum Gasteiger partial charge on any atom is 0.251 e. The Morgan fingerprint density at radius 2 is 1.90 bits per heavy atom. The molecule has 3 aliphatic rings. The van der Waals surface area contributed by atoms with Gasteiger partial charge in [-0.1, -0.05) is 18.2 Å². The summed E-state index contributed by atoms with van der Waals surface area (Å²) in [5.41, 5.74) is 2.23. The molecule has 2 fully saturated rings. The van der Waals surface area contributed by atoms with Crippen molar-refractivity contribution in [2.75, 3.05) is 57.8 Å². The van der Waals surface area contributed by atoms with Crippen LogP contribution in [0.2, 0.25) is 0 Å². The van der Waals surface area contributed by atoms with Crippen LogP contribution < -0.4 is 10.2 Å². The second kappa shape index (κ2) is 8.82. The predicted octanol–water partition coefficient (Wildman–Crippen LogP) is 0.474. The molecule has 0 radical (unpaired) electrons. The molecule has 0 spiro atoms. The third-order valence-corrected chi connectivity index (χ3v) is 5.89. The number of fused-ring (bicyclic) bond motifs is 1. The molecule has 1 aromatic carbocycles. The first-order chi connectivity index (χ1) is 14.2. The molecule has 1 unspecified atom stereocenters. The van der Waals surface area contributed by atoms with Crippen molar-refractivity contribution in [2.24, 2.45) is 4.99 Å². The Morgan fingerprint density at radius 3 is 2.62 bits per heavy atom. The van der Waals surface area contributed by atoms with E-state index < -0.39 is 0 Å². The minimum atomic E-state index is -0.264. The summed E-state index contributed by atoms with van der Waals surface area (Å²) in [5.74, 6) is 0.853. The topological polar surface area (TPSA) is 77.5 Å². The van der Waals surface area contributed by atoms with Crippen molar-refractivity contribution in [3.8, 4) is 0 Å². The maximum atomic E-state index is 12.7. The maximum absolute atomic E-state index is 12.7. The number of ether oxygens (including phenoxy) is 1. The van der Waals surface area contributed by atoms with Gasteiger partial charge in [-0.05, 0) is 30.9 Å². The van der Waals surface area contributed by atoms with E-state index in [0.29, 0.717) is 38.7 Å². The molecule has 0 aliphatic carbocycles. The molecule has 1 N–H and O–H groups in total. The van der Waals surface area contributed by atoms with E-state index >= 15 is 0 Å². The van der Waals surface area contributed by atoms with Gasteiger partial charge in [0.25, 0.3) is 5.91 Å². The lowest BCUT2D eigenvalue weighted by Crippen LogP contribution is -2.56. The number of piperazine rings is 1. The lowest BCUT2D eigenvalue weighted by atomic mass is 10.2. The first kappa shape index (κ1) is 19.7. The largest absolute Gasteiger partial charge is 0.368 e. The molecule has 0 saturated carbocycles. The number of carbonyl (C=O) groups is 2. The van der Waals surface area contributed by atoms with Crippen molar-refractivity contribution < 1.29 is 14.3 Å². The molecular weight excluding hydrogens is 370 g/mol. The average molecular weight is 399 g/mol. The molecule has 3 aliphatic heterocycles. The van der Waals surface area contributed by atoms with Crippen LogP contribution >= 0.6 is 0 Å². The highest BCUT2D eigenvalue weighted by molar-refractivity contribution is 5.98. The molecule has 0 bridgehead atoms. The summed E-state index contributed by atoms with van der Waals surface area (Å²) in [4.78, 5) is 35.4. The van der Waals surface area contributed by atoms with Crippen molar-refractivity contribution >= 4 is 23.5 Å². The number of anilines is 1.